The van der Waals surface area contributed by atoms with Crippen molar-refractivity contribution in [3.63, 3.8) is 0 Å². The van der Waals surface area contributed by atoms with Gasteiger partial charge in [-0.2, -0.15) is 4.98 Å². The number of rotatable bonds is 5. The molecule has 134 valence electrons. The van der Waals surface area contributed by atoms with Crippen LogP contribution >= 0.6 is 0 Å². The topological polar surface area (TPSA) is 76.2 Å². The van der Waals surface area contributed by atoms with E-state index in [9.17, 15) is 4.79 Å². The van der Waals surface area contributed by atoms with Crippen molar-refractivity contribution in [2.75, 3.05) is 13.6 Å². The van der Waals surface area contributed by atoms with E-state index in [1.807, 2.05) is 17.7 Å². The normalized spacial score (nSPS) is 21.4. The molecule has 1 aliphatic carbocycles. The molecule has 4 rings (SSSR count). The second kappa shape index (κ2) is 6.63. The SMILES string of the molecule is CNC(=O)c1ccc([C@@H]2CCCCN2Cc2noc(C3CC3)n2)n1C. The van der Waals surface area contributed by atoms with Gasteiger partial charge in [0.1, 0.15) is 5.69 Å². The van der Waals surface area contributed by atoms with E-state index in [2.05, 4.69) is 26.4 Å². The molecule has 0 aromatic carbocycles. The van der Waals surface area contributed by atoms with Crippen LogP contribution in [0.25, 0.3) is 0 Å². The monoisotopic (exact) mass is 343 g/mol. The van der Waals surface area contributed by atoms with Crippen LogP contribution in [0.4, 0.5) is 0 Å². The Labute approximate surface area is 147 Å². The maximum absolute atomic E-state index is 12.0. The molecule has 2 aromatic rings. The maximum Gasteiger partial charge on any atom is 0.267 e. The van der Waals surface area contributed by atoms with Gasteiger partial charge in [0.2, 0.25) is 5.89 Å². The summed E-state index contributed by atoms with van der Waals surface area (Å²) in [5.74, 6) is 2.00. The standard InChI is InChI=1S/C18H25N5O2/c1-19-17(24)15-9-8-13(22(15)2)14-5-3-4-10-23(14)11-16-20-18(25-21-16)12-6-7-12/h8-9,12,14H,3-7,10-11H2,1-2H3,(H,19,24)/t14-/m0/s1. The summed E-state index contributed by atoms with van der Waals surface area (Å²) in [7, 11) is 3.63. The van der Waals surface area contributed by atoms with Crippen LogP contribution in [0.15, 0.2) is 16.7 Å². The summed E-state index contributed by atoms with van der Waals surface area (Å²) >= 11 is 0. The highest BCUT2D eigenvalue weighted by Crippen LogP contribution is 2.39. The average molecular weight is 343 g/mol. The second-order valence-electron chi connectivity index (χ2n) is 7.09. The fourth-order valence-corrected chi connectivity index (χ4v) is 3.74. The molecular formula is C18H25N5O2. The first-order valence-electron chi connectivity index (χ1n) is 9.11. The Morgan fingerprint density at radius 1 is 1.32 bits per heavy atom. The Bertz CT molecular complexity index is 761. The minimum absolute atomic E-state index is 0.0525. The van der Waals surface area contributed by atoms with Gasteiger partial charge in [0, 0.05) is 25.7 Å². The van der Waals surface area contributed by atoms with Gasteiger partial charge in [-0.1, -0.05) is 11.6 Å². The zero-order valence-electron chi connectivity index (χ0n) is 14.9. The highest BCUT2D eigenvalue weighted by Gasteiger charge is 2.31. The molecule has 1 saturated carbocycles. The molecule has 7 nitrogen and oxygen atoms in total. The fraction of sp³-hybridized carbons (Fsp3) is 0.611. The molecule has 1 saturated heterocycles. The number of hydrogen-bond donors (Lipinski definition) is 1. The van der Waals surface area contributed by atoms with Crippen LogP contribution < -0.4 is 5.32 Å². The molecule has 0 unspecified atom stereocenters. The van der Waals surface area contributed by atoms with Crippen LogP contribution in [-0.2, 0) is 13.6 Å². The highest BCUT2D eigenvalue weighted by molar-refractivity contribution is 5.92. The molecule has 7 heteroatoms. The zero-order valence-corrected chi connectivity index (χ0v) is 14.9. The minimum Gasteiger partial charge on any atom is -0.354 e. The molecule has 0 spiro atoms. The molecule has 2 fully saturated rings. The van der Waals surface area contributed by atoms with Gasteiger partial charge in [-0.25, -0.2) is 0 Å². The zero-order chi connectivity index (χ0) is 17.4. The van der Waals surface area contributed by atoms with Gasteiger partial charge in [0.15, 0.2) is 5.82 Å². The number of carbonyl (C=O) groups is 1. The van der Waals surface area contributed by atoms with Gasteiger partial charge >= 0.3 is 0 Å². The second-order valence-corrected chi connectivity index (χ2v) is 7.09. The number of aromatic nitrogens is 3. The van der Waals surface area contributed by atoms with E-state index < -0.39 is 0 Å². The first kappa shape index (κ1) is 16.3. The van der Waals surface area contributed by atoms with Crippen LogP contribution in [0.2, 0.25) is 0 Å². The van der Waals surface area contributed by atoms with E-state index in [-0.39, 0.29) is 11.9 Å². The number of nitrogens with one attached hydrogen (secondary N) is 1. The van der Waals surface area contributed by atoms with E-state index in [1.54, 1.807) is 7.05 Å². The molecule has 1 N–H and O–H groups in total. The third kappa shape index (κ3) is 3.20. The number of nitrogens with zero attached hydrogens (tertiary/aromatic N) is 4. The summed E-state index contributed by atoms with van der Waals surface area (Å²) in [5.41, 5.74) is 1.86. The predicted molar refractivity (Wildman–Crippen MR) is 92.1 cm³/mol. The van der Waals surface area contributed by atoms with Crippen LogP contribution in [0.3, 0.4) is 0 Å². The van der Waals surface area contributed by atoms with E-state index in [0.717, 1.165) is 24.7 Å². The quantitative estimate of drug-likeness (QED) is 0.902. The lowest BCUT2D eigenvalue weighted by Crippen LogP contribution is -2.34. The number of piperidine rings is 1. The van der Waals surface area contributed by atoms with Crippen molar-refractivity contribution in [3.8, 4) is 0 Å². The third-order valence-corrected chi connectivity index (χ3v) is 5.33. The summed E-state index contributed by atoms with van der Waals surface area (Å²) in [6.45, 7) is 1.71. The van der Waals surface area contributed by atoms with Gasteiger partial charge in [0.05, 0.1) is 12.6 Å². The third-order valence-electron chi connectivity index (χ3n) is 5.33. The number of carbonyl (C=O) groups excluding carboxylic acids is 1. The Hall–Kier alpha value is -2.15. The lowest BCUT2D eigenvalue weighted by atomic mass is 9.99. The molecule has 2 aliphatic rings. The maximum atomic E-state index is 12.0. The summed E-state index contributed by atoms with van der Waals surface area (Å²) < 4.78 is 7.41. The van der Waals surface area contributed by atoms with Gasteiger partial charge < -0.3 is 14.4 Å². The van der Waals surface area contributed by atoms with E-state index in [1.165, 1.54) is 31.4 Å². The van der Waals surface area contributed by atoms with Crippen molar-refractivity contribution in [3.05, 3.63) is 35.2 Å². The summed E-state index contributed by atoms with van der Waals surface area (Å²) in [4.78, 5) is 19.0. The first-order valence-corrected chi connectivity index (χ1v) is 9.11. The van der Waals surface area contributed by atoms with E-state index in [0.29, 0.717) is 18.2 Å². The van der Waals surface area contributed by atoms with Crippen molar-refractivity contribution < 1.29 is 9.32 Å². The summed E-state index contributed by atoms with van der Waals surface area (Å²) in [5, 5.41) is 6.87. The Balaban J connectivity index is 1.54. The van der Waals surface area contributed by atoms with Crippen molar-refractivity contribution in [2.24, 2.45) is 7.05 Å². The molecule has 1 amide bonds. The highest BCUT2D eigenvalue weighted by atomic mass is 16.5. The van der Waals surface area contributed by atoms with Gasteiger partial charge in [-0.3, -0.25) is 9.69 Å². The van der Waals surface area contributed by atoms with Crippen LogP contribution in [0, 0.1) is 0 Å². The largest absolute Gasteiger partial charge is 0.354 e. The predicted octanol–water partition coefficient (Wildman–Crippen LogP) is 2.37. The van der Waals surface area contributed by atoms with Crippen molar-refractivity contribution in [1.29, 1.82) is 0 Å². The molecule has 1 aliphatic heterocycles. The number of likely N-dealkylation sites (tertiary alicyclic amines) is 1. The Kier molecular flexibility index (Phi) is 4.33. The smallest absolute Gasteiger partial charge is 0.267 e. The average Bonchev–Trinajstić information content (AvgIpc) is 3.26. The lowest BCUT2D eigenvalue weighted by molar-refractivity contribution is 0.0952. The van der Waals surface area contributed by atoms with E-state index >= 15 is 0 Å². The Morgan fingerprint density at radius 3 is 2.92 bits per heavy atom. The first-order chi connectivity index (χ1) is 12.2. The van der Waals surface area contributed by atoms with Crippen molar-refractivity contribution in [2.45, 2.75) is 50.6 Å². The molecule has 3 heterocycles. The summed E-state index contributed by atoms with van der Waals surface area (Å²) in [6, 6.07) is 4.25. The fourth-order valence-electron chi connectivity index (χ4n) is 3.74. The lowest BCUT2D eigenvalue weighted by Gasteiger charge is -2.35. The molecule has 25 heavy (non-hydrogen) atoms. The van der Waals surface area contributed by atoms with Gasteiger partial charge in [-0.15, -0.1) is 0 Å². The molecule has 2 aromatic heterocycles. The number of hydrogen-bond acceptors (Lipinski definition) is 5. The number of amides is 1. The van der Waals surface area contributed by atoms with Crippen molar-refractivity contribution in [1.82, 2.24) is 24.9 Å². The molecule has 1 atom stereocenters. The molecule has 0 bridgehead atoms. The Morgan fingerprint density at radius 2 is 2.16 bits per heavy atom. The molecular weight excluding hydrogens is 318 g/mol. The van der Waals surface area contributed by atoms with Crippen LogP contribution in [0.5, 0.6) is 0 Å². The van der Waals surface area contributed by atoms with Crippen molar-refractivity contribution >= 4 is 5.91 Å². The van der Waals surface area contributed by atoms with Gasteiger partial charge in [0.25, 0.3) is 5.91 Å². The van der Waals surface area contributed by atoms with Gasteiger partial charge in [-0.05, 0) is 44.4 Å². The molecule has 0 radical (unpaired) electrons. The van der Waals surface area contributed by atoms with E-state index in [4.69, 9.17) is 4.52 Å². The van der Waals surface area contributed by atoms with Crippen LogP contribution in [-0.4, -0.2) is 39.1 Å². The summed E-state index contributed by atoms with van der Waals surface area (Å²) in [6.07, 6.45) is 5.79. The van der Waals surface area contributed by atoms with Crippen LogP contribution in [0.1, 0.15) is 72.0 Å². The minimum atomic E-state index is -0.0525.